The van der Waals surface area contributed by atoms with Crippen LogP contribution in [0.4, 0.5) is 0 Å². The average Bonchev–Trinajstić information content (AvgIpc) is 1.41. The Morgan fingerprint density at radius 1 is 1.38 bits per heavy atom. The van der Waals surface area contributed by atoms with Crippen molar-refractivity contribution in [3.8, 4) is 6.42 Å². The van der Waals surface area contributed by atoms with E-state index >= 15 is 0 Å². The molecule has 0 fully saturated rings. The minimum Gasteiger partial charge on any atom is -0.697 e. The van der Waals surface area contributed by atoms with Crippen molar-refractivity contribution >= 4 is 0 Å². The van der Waals surface area contributed by atoms with Crippen molar-refractivity contribution < 1.29 is 55.1 Å². The quantitative estimate of drug-likeness (QED) is 0.190. The molecule has 0 N–H and O–H groups in total. The van der Waals surface area contributed by atoms with E-state index in [0.717, 1.165) is 0 Å². The minimum atomic E-state index is -1.75. The molecular formula is C2HAgHgNO3. The van der Waals surface area contributed by atoms with Crippen LogP contribution in [-0.2, 0) is 50.0 Å². The fraction of sp³-hybridized carbons (Fsp3) is 0. The van der Waals surface area contributed by atoms with E-state index in [1.54, 1.807) is 0 Å². The van der Waals surface area contributed by atoms with Gasteiger partial charge in [0.2, 0.25) is 0 Å². The monoisotopic (exact) mass is 396 g/mol. The molecule has 0 saturated carbocycles. The molecule has 0 aliphatic carbocycles. The van der Waals surface area contributed by atoms with Gasteiger partial charge in [-0.1, -0.05) is 0 Å². The molecule has 0 aromatic rings. The van der Waals surface area contributed by atoms with Crippen molar-refractivity contribution in [2.75, 3.05) is 0 Å². The summed E-state index contributed by atoms with van der Waals surface area (Å²) in [6, 6.07) is 0. The molecule has 1 radical (unpaired) electrons. The first-order valence-corrected chi connectivity index (χ1v) is 0.836. The van der Waals surface area contributed by atoms with E-state index in [-0.39, 0.29) is 50.0 Å². The molecule has 0 aromatic carbocycles. The molecule has 0 rings (SSSR count). The Kier molecular flexibility index (Phi) is 77.3. The average molecular weight is 395 g/mol. The number of nitrogens with zero attached hydrogens (tertiary/aromatic N) is 1. The third-order valence-electron chi connectivity index (χ3n) is 0. The molecule has 0 spiro atoms. The van der Waals surface area contributed by atoms with Gasteiger partial charge < -0.3 is 28.2 Å². The number of terminal acetylenes is 1. The van der Waals surface area contributed by atoms with Crippen LogP contribution in [0.15, 0.2) is 0 Å². The van der Waals surface area contributed by atoms with Crippen LogP contribution in [0.25, 0.3) is 0 Å². The van der Waals surface area contributed by atoms with Crippen LogP contribution in [0.5, 0.6) is 0 Å². The van der Waals surface area contributed by atoms with Crippen LogP contribution in [0.1, 0.15) is 0 Å². The Morgan fingerprint density at radius 2 is 1.38 bits per heavy atom. The van der Waals surface area contributed by atoms with Gasteiger partial charge in [-0.05, 0) is 0 Å². The zero-order valence-corrected chi connectivity index (χ0v) is 10.7. The number of hydrogen-bond donors (Lipinski definition) is 0. The normalized spacial score (nSPS) is 3.25. The van der Waals surface area contributed by atoms with Crippen LogP contribution in [0.3, 0.4) is 0 Å². The van der Waals surface area contributed by atoms with Crippen molar-refractivity contribution in [1.29, 1.82) is 0 Å². The molecule has 0 aromatic heterocycles. The summed E-state index contributed by atoms with van der Waals surface area (Å²) in [6.45, 7) is 0. The molecule has 6 heteroatoms. The molecule has 0 aliphatic rings. The van der Waals surface area contributed by atoms with Gasteiger partial charge in [-0.25, -0.2) is 0 Å². The zero-order valence-electron chi connectivity index (χ0n) is 3.76. The summed E-state index contributed by atoms with van der Waals surface area (Å²) < 4.78 is 0. The van der Waals surface area contributed by atoms with Crippen molar-refractivity contribution in [2.24, 2.45) is 0 Å². The molecule has 8 heavy (non-hydrogen) atoms. The van der Waals surface area contributed by atoms with Gasteiger partial charge in [-0.3, -0.25) is 0 Å². The molecule has 0 unspecified atom stereocenters. The van der Waals surface area contributed by atoms with Crippen molar-refractivity contribution in [3.05, 3.63) is 21.7 Å². The van der Waals surface area contributed by atoms with Crippen molar-refractivity contribution in [2.45, 2.75) is 0 Å². The molecule has 0 bridgehead atoms. The van der Waals surface area contributed by atoms with E-state index in [4.69, 9.17) is 21.7 Å². The van der Waals surface area contributed by atoms with Gasteiger partial charge in [0.25, 0.3) is 0 Å². The fourth-order valence-corrected chi connectivity index (χ4v) is 0. The Bertz CT molecular complexity index is 61.5. The summed E-state index contributed by atoms with van der Waals surface area (Å²) in [6.07, 6.45) is 9.00. The van der Waals surface area contributed by atoms with Gasteiger partial charge in [0.05, 0.1) is 5.09 Å². The Labute approximate surface area is 82.8 Å². The van der Waals surface area contributed by atoms with Gasteiger partial charge in [0, 0.05) is 0 Å². The van der Waals surface area contributed by atoms with E-state index in [0.29, 0.717) is 0 Å². The predicted octanol–water partition coefficient (Wildman–Crippen LogP) is -0.0381. The molecule has 0 atom stereocenters. The summed E-state index contributed by atoms with van der Waals surface area (Å²) >= 11 is 0. The van der Waals surface area contributed by atoms with Crippen LogP contribution in [0.2, 0.25) is 0 Å². The summed E-state index contributed by atoms with van der Waals surface area (Å²) in [5.41, 5.74) is 0. The third-order valence-corrected chi connectivity index (χ3v) is 0. The fourth-order valence-electron chi connectivity index (χ4n) is 0. The second-order valence-electron chi connectivity index (χ2n) is 0.224. The summed E-state index contributed by atoms with van der Waals surface area (Å²) in [4.78, 5) is 8.25. The first kappa shape index (κ1) is 23.7. The van der Waals surface area contributed by atoms with Gasteiger partial charge in [0.15, 0.2) is 0 Å². The molecule has 45 valence electrons. The van der Waals surface area contributed by atoms with E-state index in [9.17, 15) is 0 Å². The Balaban J connectivity index is -0.0000000183. The standard InChI is InChI=1S/C2H.Ag.Hg.NO3/c1-2;;;2-1(3)4/h1H;;;/q-1;2*+1;-1. The Hall–Kier alpha value is 0.435. The van der Waals surface area contributed by atoms with Gasteiger partial charge >= 0.3 is 50.0 Å². The van der Waals surface area contributed by atoms with Crippen molar-refractivity contribution in [1.82, 2.24) is 0 Å². The van der Waals surface area contributed by atoms with E-state index in [2.05, 4.69) is 6.42 Å². The molecule has 4 nitrogen and oxygen atoms in total. The zero-order chi connectivity index (χ0) is 5.58. The smallest absolute Gasteiger partial charge is 0.697 e. The Morgan fingerprint density at radius 3 is 1.38 bits per heavy atom. The molecule has 0 heterocycles. The third kappa shape index (κ3) is 1000. The van der Waals surface area contributed by atoms with Gasteiger partial charge in [0.1, 0.15) is 0 Å². The van der Waals surface area contributed by atoms with Gasteiger partial charge in [-0.15, -0.1) is 0 Å². The molecule has 0 aliphatic heterocycles. The maximum Gasteiger partial charge on any atom is 1.00 e. The maximum absolute atomic E-state index is 8.25. The van der Waals surface area contributed by atoms with Crippen LogP contribution in [-0.4, -0.2) is 5.09 Å². The van der Waals surface area contributed by atoms with Crippen LogP contribution in [0, 0.1) is 28.2 Å². The van der Waals surface area contributed by atoms with E-state index in [1.807, 2.05) is 0 Å². The number of rotatable bonds is 0. The minimum absolute atomic E-state index is 0. The maximum atomic E-state index is 8.25. The van der Waals surface area contributed by atoms with E-state index < -0.39 is 5.09 Å². The topological polar surface area (TPSA) is 66.2 Å². The largest absolute Gasteiger partial charge is 1.00 e. The summed E-state index contributed by atoms with van der Waals surface area (Å²) in [7, 11) is 0. The first-order chi connectivity index (χ1) is 2.73. The van der Waals surface area contributed by atoms with Gasteiger partial charge in [-0.2, -0.15) is 0 Å². The summed E-state index contributed by atoms with van der Waals surface area (Å²) in [5, 5.41) is 14.8. The second kappa shape index (κ2) is 26.1. The molecular weight excluding hydrogens is 394 g/mol. The van der Waals surface area contributed by atoms with Crippen molar-refractivity contribution in [3.63, 3.8) is 0 Å². The van der Waals surface area contributed by atoms with Crippen LogP contribution >= 0.6 is 0 Å². The molecule has 0 amide bonds. The van der Waals surface area contributed by atoms with Crippen LogP contribution < -0.4 is 0 Å². The number of hydrogen-bond acceptors (Lipinski definition) is 3. The predicted molar refractivity (Wildman–Crippen MR) is 18.5 cm³/mol. The molecule has 0 saturated heterocycles. The first-order valence-electron chi connectivity index (χ1n) is 0.836. The summed E-state index contributed by atoms with van der Waals surface area (Å²) in [5.74, 6) is 0. The van der Waals surface area contributed by atoms with E-state index in [1.165, 1.54) is 0 Å². The SMILES string of the molecule is O=[N+]([O-])[O-].[Ag+].[C-]#C.[Hg+]. The second-order valence-corrected chi connectivity index (χ2v) is 0.224.